The van der Waals surface area contributed by atoms with Gasteiger partial charge in [0.25, 0.3) is 0 Å². The molecule has 0 aliphatic rings. The Morgan fingerprint density at radius 3 is 1.89 bits per heavy atom. The number of hydrogen-bond acceptors (Lipinski definition) is 6. The highest BCUT2D eigenvalue weighted by Crippen LogP contribution is 2.05. The lowest BCUT2D eigenvalue weighted by atomic mass is 10.0. The van der Waals surface area contributed by atoms with Gasteiger partial charge in [0.15, 0.2) is 0 Å². The average Bonchev–Trinajstić information content (AvgIpc) is 2.58. The van der Waals surface area contributed by atoms with Gasteiger partial charge in [0, 0.05) is 0 Å². The summed E-state index contributed by atoms with van der Waals surface area (Å²) in [7, 11) is 0. The summed E-state index contributed by atoms with van der Waals surface area (Å²) in [4.78, 5) is 47.4. The van der Waals surface area contributed by atoms with Crippen LogP contribution in [-0.4, -0.2) is 59.5 Å². The van der Waals surface area contributed by atoms with Crippen LogP contribution >= 0.6 is 0 Å². The van der Waals surface area contributed by atoms with Crippen molar-refractivity contribution in [2.75, 3.05) is 6.54 Å². The fourth-order valence-corrected chi connectivity index (χ4v) is 2.20. The molecule has 10 nitrogen and oxygen atoms in total. The van der Waals surface area contributed by atoms with Gasteiger partial charge in [-0.25, -0.2) is 0 Å². The quantitative estimate of drug-likeness (QED) is 0.225. The molecule has 0 bridgehead atoms. The molecule has 8 N–H and O–H groups in total. The molecule has 0 heterocycles. The van der Waals surface area contributed by atoms with Crippen LogP contribution in [0.4, 0.5) is 0 Å². The maximum absolute atomic E-state index is 12.5. The maximum atomic E-state index is 12.5. The van der Waals surface area contributed by atoms with E-state index in [9.17, 15) is 19.2 Å². The molecule has 0 spiro atoms. The van der Waals surface area contributed by atoms with Gasteiger partial charge in [-0.15, -0.1) is 0 Å². The smallest absolute Gasteiger partial charge is 0.325 e. The van der Waals surface area contributed by atoms with Gasteiger partial charge < -0.3 is 32.5 Å². The van der Waals surface area contributed by atoms with E-state index in [4.69, 9.17) is 16.6 Å². The Hall–Kier alpha value is -2.20. The second-order valence-corrected chi connectivity index (χ2v) is 6.92. The van der Waals surface area contributed by atoms with Crippen molar-refractivity contribution < 1.29 is 24.3 Å². The normalized spacial score (nSPS) is 15.4. The molecule has 3 amide bonds. The summed E-state index contributed by atoms with van der Waals surface area (Å²) in [5, 5.41) is 16.2. The number of nitrogens with two attached hydrogens (primary N) is 2. The molecule has 0 radical (unpaired) electrons. The van der Waals surface area contributed by atoms with Crippen molar-refractivity contribution in [2.24, 2.45) is 17.4 Å². The average molecular weight is 387 g/mol. The van der Waals surface area contributed by atoms with Crippen LogP contribution in [-0.2, 0) is 19.2 Å². The first-order valence-corrected chi connectivity index (χ1v) is 9.10. The van der Waals surface area contributed by atoms with E-state index in [2.05, 4.69) is 16.0 Å². The topological polar surface area (TPSA) is 177 Å². The van der Waals surface area contributed by atoms with Crippen LogP contribution in [0.2, 0.25) is 0 Å². The van der Waals surface area contributed by atoms with Crippen molar-refractivity contribution in [2.45, 2.75) is 71.1 Å². The fraction of sp³-hybridized carbons (Fsp3) is 0.765. The number of amides is 3. The first-order valence-electron chi connectivity index (χ1n) is 9.10. The monoisotopic (exact) mass is 387 g/mol. The number of rotatable bonds is 12. The molecule has 4 unspecified atom stereocenters. The number of nitrogens with one attached hydrogen (secondary N) is 3. The van der Waals surface area contributed by atoms with Gasteiger partial charge in [0.2, 0.25) is 17.7 Å². The summed E-state index contributed by atoms with van der Waals surface area (Å²) >= 11 is 0. The van der Waals surface area contributed by atoms with Gasteiger partial charge in [0.05, 0.1) is 6.04 Å². The second-order valence-electron chi connectivity index (χ2n) is 6.92. The van der Waals surface area contributed by atoms with Gasteiger partial charge in [-0.05, 0) is 39.2 Å². The van der Waals surface area contributed by atoms with Crippen LogP contribution in [0.1, 0.15) is 47.0 Å². The Morgan fingerprint density at radius 1 is 0.852 bits per heavy atom. The molecule has 0 aromatic rings. The number of carbonyl (C=O) groups excluding carboxylic acids is 3. The van der Waals surface area contributed by atoms with Gasteiger partial charge in [0.1, 0.15) is 18.1 Å². The van der Waals surface area contributed by atoms with Crippen LogP contribution < -0.4 is 27.4 Å². The van der Waals surface area contributed by atoms with Crippen LogP contribution in [0, 0.1) is 5.92 Å². The number of carboxylic acid groups (broad SMARTS) is 1. The summed E-state index contributed by atoms with van der Waals surface area (Å²) in [6.45, 7) is 6.77. The van der Waals surface area contributed by atoms with Crippen molar-refractivity contribution in [3.8, 4) is 0 Å². The summed E-state index contributed by atoms with van der Waals surface area (Å²) in [6.07, 6.45) is 1.93. The Bertz CT molecular complexity index is 526. The van der Waals surface area contributed by atoms with Crippen LogP contribution in [0.3, 0.4) is 0 Å². The van der Waals surface area contributed by atoms with E-state index in [1.807, 2.05) is 0 Å². The number of carboxylic acids is 1. The molecule has 156 valence electrons. The van der Waals surface area contributed by atoms with Gasteiger partial charge in [-0.2, -0.15) is 0 Å². The molecule has 27 heavy (non-hydrogen) atoms. The predicted octanol–water partition coefficient (Wildman–Crippen LogP) is -1.32. The summed E-state index contributed by atoms with van der Waals surface area (Å²) in [5.41, 5.74) is 11.2. The van der Waals surface area contributed by atoms with Crippen molar-refractivity contribution >= 4 is 23.7 Å². The predicted molar refractivity (Wildman–Crippen MR) is 100 cm³/mol. The van der Waals surface area contributed by atoms with Crippen LogP contribution in [0.25, 0.3) is 0 Å². The first-order chi connectivity index (χ1) is 12.5. The Morgan fingerprint density at radius 2 is 1.41 bits per heavy atom. The van der Waals surface area contributed by atoms with Gasteiger partial charge in [-0.3, -0.25) is 19.2 Å². The third-order valence-corrected chi connectivity index (χ3v) is 4.03. The van der Waals surface area contributed by atoms with Gasteiger partial charge >= 0.3 is 5.97 Å². The number of carbonyl (C=O) groups is 4. The lowest BCUT2D eigenvalue weighted by molar-refractivity contribution is -0.141. The Kier molecular flexibility index (Phi) is 11.2. The first kappa shape index (κ1) is 24.8. The maximum Gasteiger partial charge on any atom is 0.325 e. The second kappa shape index (κ2) is 12.2. The molecule has 0 aromatic heterocycles. The van der Waals surface area contributed by atoms with Crippen molar-refractivity contribution in [1.29, 1.82) is 0 Å². The van der Waals surface area contributed by atoms with E-state index in [1.54, 1.807) is 13.8 Å². The molecule has 0 aliphatic carbocycles. The number of aliphatic carboxylic acids is 1. The molecular formula is C17H33N5O5. The van der Waals surface area contributed by atoms with E-state index in [1.165, 1.54) is 13.8 Å². The van der Waals surface area contributed by atoms with Gasteiger partial charge in [-0.1, -0.05) is 20.3 Å². The minimum absolute atomic E-state index is 0.238. The summed E-state index contributed by atoms with van der Waals surface area (Å²) < 4.78 is 0. The third kappa shape index (κ3) is 9.34. The number of unbranched alkanes of at least 4 members (excludes halogenated alkanes) is 1. The highest BCUT2D eigenvalue weighted by atomic mass is 16.4. The minimum atomic E-state index is -1.18. The lowest BCUT2D eigenvalue weighted by Crippen LogP contribution is -2.57. The highest BCUT2D eigenvalue weighted by Gasteiger charge is 2.29. The zero-order valence-corrected chi connectivity index (χ0v) is 16.5. The SMILES string of the molecule is CC(NC(=O)C(C)NC(=O)C(NC(=O)C(N)CCCCN)C(C)C)C(=O)O. The molecule has 0 rings (SSSR count). The largest absolute Gasteiger partial charge is 0.480 e. The fourth-order valence-electron chi connectivity index (χ4n) is 2.20. The van der Waals surface area contributed by atoms with E-state index >= 15 is 0 Å². The Labute approximate surface area is 159 Å². The standard InChI is InChI=1S/C17H33N5O5/c1-9(2)13(22-15(24)12(19)7-5-6-8-18)16(25)20-10(3)14(23)21-11(4)17(26)27/h9-13H,5-8,18-19H2,1-4H3,(H,20,25)(H,21,23)(H,22,24)(H,26,27). The van der Waals surface area contributed by atoms with E-state index < -0.39 is 47.9 Å². The molecular weight excluding hydrogens is 354 g/mol. The van der Waals surface area contributed by atoms with Crippen LogP contribution in [0.5, 0.6) is 0 Å². The summed E-state index contributed by atoms with van der Waals surface area (Å²) in [6, 6.07) is -3.66. The third-order valence-electron chi connectivity index (χ3n) is 4.03. The zero-order chi connectivity index (χ0) is 21.1. The van der Waals surface area contributed by atoms with E-state index in [0.717, 1.165) is 6.42 Å². The minimum Gasteiger partial charge on any atom is -0.480 e. The van der Waals surface area contributed by atoms with E-state index in [-0.39, 0.29) is 5.92 Å². The molecule has 0 aromatic carbocycles. The summed E-state index contributed by atoms with van der Waals surface area (Å²) in [5.74, 6) is -3.04. The lowest BCUT2D eigenvalue weighted by Gasteiger charge is -2.25. The molecule has 4 atom stereocenters. The molecule has 0 saturated heterocycles. The highest BCUT2D eigenvalue weighted by molar-refractivity contribution is 5.93. The van der Waals surface area contributed by atoms with Crippen LogP contribution in [0.15, 0.2) is 0 Å². The molecule has 0 fully saturated rings. The number of hydrogen-bond donors (Lipinski definition) is 6. The molecule has 0 aliphatic heterocycles. The van der Waals surface area contributed by atoms with Crippen molar-refractivity contribution in [3.63, 3.8) is 0 Å². The Balaban J connectivity index is 4.76. The van der Waals surface area contributed by atoms with Crippen molar-refractivity contribution in [3.05, 3.63) is 0 Å². The van der Waals surface area contributed by atoms with Crippen molar-refractivity contribution in [1.82, 2.24) is 16.0 Å². The zero-order valence-electron chi connectivity index (χ0n) is 16.5. The molecule has 10 heteroatoms. The van der Waals surface area contributed by atoms with E-state index in [0.29, 0.717) is 19.4 Å². The molecule has 0 saturated carbocycles.